The fraction of sp³-hybridized carbons (Fsp3) is 0.217. The van der Waals surface area contributed by atoms with Gasteiger partial charge < -0.3 is 14.2 Å². The number of aromatic nitrogens is 5. The van der Waals surface area contributed by atoms with Crippen LogP contribution in [0.15, 0.2) is 53.4 Å². The van der Waals surface area contributed by atoms with E-state index in [9.17, 15) is 8.42 Å². The van der Waals surface area contributed by atoms with Crippen LogP contribution in [-0.4, -0.2) is 60.6 Å². The zero-order chi connectivity index (χ0) is 25.3. The first-order valence-electron chi connectivity index (χ1n) is 10.8. The number of hydrogen-bond donors (Lipinski definition) is 1. The molecule has 0 bridgehead atoms. The lowest BCUT2D eigenvalue weighted by Gasteiger charge is -2.10. The molecule has 0 aliphatic rings. The summed E-state index contributed by atoms with van der Waals surface area (Å²) < 4.78 is 46.7. The standard InChI is InChI=1S/C23H22N6O5S2/c1-14-25-18-7-5-16(13-20(18)35-14)36(30,31)24-10-11-34-22-9-8-21-26-27-23(29(21)28-22)17-6-4-15(32-2)12-19(17)33-3/h4-9,12-13,24H,10-11H2,1-3H3. The fourth-order valence-electron chi connectivity index (χ4n) is 3.60. The van der Waals surface area contributed by atoms with E-state index in [4.69, 9.17) is 14.2 Å². The topological polar surface area (TPSA) is 130 Å². The van der Waals surface area contributed by atoms with Gasteiger partial charge in [-0.3, -0.25) is 0 Å². The summed E-state index contributed by atoms with van der Waals surface area (Å²) in [6.07, 6.45) is 0. The van der Waals surface area contributed by atoms with Crippen LogP contribution in [-0.2, 0) is 10.0 Å². The zero-order valence-corrected chi connectivity index (χ0v) is 21.3. The minimum absolute atomic E-state index is 0.0587. The third-order valence-corrected chi connectivity index (χ3v) is 7.70. The van der Waals surface area contributed by atoms with E-state index in [1.807, 2.05) is 13.0 Å². The van der Waals surface area contributed by atoms with E-state index in [0.717, 1.165) is 15.2 Å². The van der Waals surface area contributed by atoms with Crippen molar-refractivity contribution >= 4 is 37.2 Å². The molecule has 11 nitrogen and oxygen atoms in total. The number of aryl methyl sites for hydroxylation is 1. The van der Waals surface area contributed by atoms with Crippen molar-refractivity contribution in [3.8, 4) is 28.8 Å². The van der Waals surface area contributed by atoms with Gasteiger partial charge >= 0.3 is 0 Å². The molecule has 0 saturated carbocycles. The van der Waals surface area contributed by atoms with Crippen molar-refractivity contribution in [3.05, 3.63) is 53.5 Å². The summed E-state index contributed by atoms with van der Waals surface area (Å²) in [5.74, 6) is 1.95. The molecular weight excluding hydrogens is 504 g/mol. The third kappa shape index (κ3) is 4.67. The Morgan fingerprint density at radius 1 is 1.03 bits per heavy atom. The van der Waals surface area contributed by atoms with Crippen LogP contribution >= 0.6 is 11.3 Å². The quantitative estimate of drug-likeness (QED) is 0.288. The van der Waals surface area contributed by atoms with Crippen LogP contribution in [0.5, 0.6) is 17.4 Å². The maximum absolute atomic E-state index is 12.7. The average molecular weight is 527 g/mol. The van der Waals surface area contributed by atoms with E-state index in [2.05, 4.69) is 25.0 Å². The summed E-state index contributed by atoms with van der Waals surface area (Å²) >= 11 is 1.45. The number of rotatable bonds is 9. The Balaban J connectivity index is 1.28. The minimum Gasteiger partial charge on any atom is -0.497 e. The second-order valence-electron chi connectivity index (χ2n) is 7.64. The Labute approximate surface area is 210 Å². The van der Waals surface area contributed by atoms with Crippen molar-refractivity contribution in [1.29, 1.82) is 0 Å². The van der Waals surface area contributed by atoms with Crippen LogP contribution in [0.25, 0.3) is 27.3 Å². The van der Waals surface area contributed by atoms with Crippen LogP contribution in [0, 0.1) is 6.92 Å². The molecule has 5 rings (SSSR count). The second kappa shape index (κ2) is 9.68. The average Bonchev–Trinajstić information content (AvgIpc) is 3.47. The Morgan fingerprint density at radius 3 is 2.69 bits per heavy atom. The van der Waals surface area contributed by atoms with Gasteiger partial charge in [0.25, 0.3) is 0 Å². The zero-order valence-electron chi connectivity index (χ0n) is 19.6. The molecule has 0 fully saturated rings. The SMILES string of the molecule is COc1ccc(-c2nnc3ccc(OCCNS(=O)(=O)c4ccc5nc(C)sc5c4)nn23)c(OC)c1. The minimum atomic E-state index is -3.70. The van der Waals surface area contributed by atoms with Crippen LogP contribution in [0.4, 0.5) is 0 Å². The van der Waals surface area contributed by atoms with Gasteiger partial charge in [-0.1, -0.05) is 0 Å². The van der Waals surface area contributed by atoms with Crippen LogP contribution in [0.3, 0.4) is 0 Å². The van der Waals surface area contributed by atoms with Crippen molar-refractivity contribution in [3.63, 3.8) is 0 Å². The van der Waals surface area contributed by atoms with Gasteiger partial charge in [-0.2, -0.15) is 4.52 Å². The number of methoxy groups -OCH3 is 2. The molecule has 0 spiro atoms. The number of thiazole rings is 1. The van der Waals surface area contributed by atoms with Gasteiger partial charge in [0, 0.05) is 18.7 Å². The second-order valence-corrected chi connectivity index (χ2v) is 10.6. The van der Waals surface area contributed by atoms with E-state index in [-0.39, 0.29) is 23.9 Å². The molecule has 5 aromatic rings. The Kier molecular flexibility index (Phi) is 6.43. The van der Waals surface area contributed by atoms with Gasteiger partial charge in [-0.25, -0.2) is 18.1 Å². The summed E-state index contributed by atoms with van der Waals surface area (Å²) in [7, 11) is -0.567. The molecule has 0 saturated heterocycles. The lowest BCUT2D eigenvalue weighted by atomic mass is 10.2. The molecular formula is C23H22N6O5S2. The van der Waals surface area contributed by atoms with Crippen molar-refractivity contribution < 1.29 is 22.6 Å². The molecule has 0 aliphatic carbocycles. The summed E-state index contributed by atoms with van der Waals surface area (Å²) in [5.41, 5.74) is 1.97. The van der Waals surface area contributed by atoms with E-state index >= 15 is 0 Å². The number of nitrogens with one attached hydrogen (secondary N) is 1. The van der Waals surface area contributed by atoms with E-state index in [1.165, 1.54) is 15.9 Å². The van der Waals surface area contributed by atoms with Gasteiger partial charge in [0.2, 0.25) is 15.9 Å². The lowest BCUT2D eigenvalue weighted by molar-refractivity contribution is 0.306. The van der Waals surface area contributed by atoms with Crippen molar-refractivity contribution in [2.45, 2.75) is 11.8 Å². The highest BCUT2D eigenvalue weighted by molar-refractivity contribution is 7.89. The Morgan fingerprint density at radius 2 is 1.89 bits per heavy atom. The molecule has 2 aromatic carbocycles. The first-order valence-corrected chi connectivity index (χ1v) is 13.1. The van der Waals surface area contributed by atoms with Crippen molar-refractivity contribution in [2.24, 2.45) is 0 Å². The molecule has 3 aromatic heterocycles. The molecule has 0 amide bonds. The van der Waals surface area contributed by atoms with Gasteiger partial charge in [-0.15, -0.1) is 26.6 Å². The number of fused-ring (bicyclic) bond motifs is 2. The molecule has 13 heteroatoms. The first kappa shape index (κ1) is 23.9. The predicted octanol–water partition coefficient (Wildman–Crippen LogP) is 3.08. The normalized spacial score (nSPS) is 11.8. The van der Waals surface area contributed by atoms with E-state index in [0.29, 0.717) is 28.5 Å². The summed E-state index contributed by atoms with van der Waals surface area (Å²) in [6.45, 7) is 2.02. The molecule has 1 N–H and O–H groups in total. The van der Waals surface area contributed by atoms with Crippen LogP contribution in [0.2, 0.25) is 0 Å². The van der Waals surface area contributed by atoms with Crippen molar-refractivity contribution in [1.82, 2.24) is 29.5 Å². The monoisotopic (exact) mass is 526 g/mol. The molecule has 0 atom stereocenters. The van der Waals surface area contributed by atoms with Gasteiger partial charge in [0.15, 0.2) is 11.5 Å². The highest BCUT2D eigenvalue weighted by Crippen LogP contribution is 2.32. The van der Waals surface area contributed by atoms with Gasteiger partial charge in [0.1, 0.15) is 18.1 Å². The Hall–Kier alpha value is -3.81. The molecule has 0 radical (unpaired) electrons. The predicted molar refractivity (Wildman–Crippen MR) is 134 cm³/mol. The highest BCUT2D eigenvalue weighted by Gasteiger charge is 2.17. The number of nitrogens with zero attached hydrogens (tertiary/aromatic N) is 5. The van der Waals surface area contributed by atoms with Gasteiger partial charge in [-0.05, 0) is 43.3 Å². The molecule has 36 heavy (non-hydrogen) atoms. The third-order valence-electron chi connectivity index (χ3n) is 5.31. The lowest BCUT2D eigenvalue weighted by Crippen LogP contribution is -2.28. The van der Waals surface area contributed by atoms with E-state index in [1.54, 1.807) is 56.7 Å². The number of hydrogen-bond acceptors (Lipinski definition) is 10. The summed E-state index contributed by atoms with van der Waals surface area (Å²) in [6, 6.07) is 13.6. The molecule has 0 aliphatic heterocycles. The fourth-order valence-corrected chi connectivity index (χ4v) is 5.58. The first-order chi connectivity index (χ1) is 17.4. The summed E-state index contributed by atoms with van der Waals surface area (Å²) in [5, 5.41) is 13.7. The number of sulfonamides is 1. The summed E-state index contributed by atoms with van der Waals surface area (Å²) in [4.78, 5) is 4.54. The number of ether oxygens (including phenoxy) is 3. The van der Waals surface area contributed by atoms with Crippen molar-refractivity contribution in [2.75, 3.05) is 27.4 Å². The maximum Gasteiger partial charge on any atom is 0.240 e. The number of benzene rings is 2. The van der Waals surface area contributed by atoms with Crippen LogP contribution < -0.4 is 18.9 Å². The smallest absolute Gasteiger partial charge is 0.240 e. The maximum atomic E-state index is 12.7. The molecule has 3 heterocycles. The largest absolute Gasteiger partial charge is 0.497 e. The highest BCUT2D eigenvalue weighted by atomic mass is 32.2. The van der Waals surface area contributed by atoms with Gasteiger partial charge in [0.05, 0.1) is 39.9 Å². The molecule has 186 valence electrons. The van der Waals surface area contributed by atoms with Crippen LogP contribution in [0.1, 0.15) is 5.01 Å². The van der Waals surface area contributed by atoms with E-state index < -0.39 is 10.0 Å². The molecule has 0 unspecified atom stereocenters. The Bertz CT molecular complexity index is 1660.